The Morgan fingerprint density at radius 1 is 1.12 bits per heavy atom. The van der Waals surface area contributed by atoms with Gasteiger partial charge in [0, 0.05) is 12.6 Å². The van der Waals surface area contributed by atoms with Gasteiger partial charge in [-0.25, -0.2) is 4.79 Å². The number of pyridine rings is 1. The summed E-state index contributed by atoms with van der Waals surface area (Å²) in [6.07, 6.45) is 0. The summed E-state index contributed by atoms with van der Waals surface area (Å²) in [4.78, 5) is 24.7. The van der Waals surface area contributed by atoms with Crippen molar-refractivity contribution >= 4 is 17.3 Å². The molecule has 3 rings (SSSR count). The molecule has 0 saturated heterocycles. The Labute approximate surface area is 183 Å². The molecule has 2 aromatic carbocycles. The predicted molar refractivity (Wildman–Crippen MR) is 116 cm³/mol. The number of aromatic nitrogens is 1. The highest BCUT2D eigenvalue weighted by Crippen LogP contribution is 2.26. The standard InChI is InChI=1S/C23H20N4O5/c1-15-19(14-24)21(28)27(2)22(29)20(15)26-25-17-8-6-7-16(13-17)23(30)32-12-11-31-18-9-4-3-5-10-18/h3-10,13,28H,11-12H2,1-2H3. The molecular weight excluding hydrogens is 412 g/mol. The number of esters is 1. The van der Waals surface area contributed by atoms with E-state index < -0.39 is 17.4 Å². The normalized spacial score (nSPS) is 10.7. The lowest BCUT2D eigenvalue weighted by Crippen LogP contribution is -2.18. The zero-order valence-corrected chi connectivity index (χ0v) is 17.5. The molecule has 0 unspecified atom stereocenters. The summed E-state index contributed by atoms with van der Waals surface area (Å²) >= 11 is 0. The van der Waals surface area contributed by atoms with Crippen molar-refractivity contribution in [1.82, 2.24) is 4.57 Å². The SMILES string of the molecule is Cc1c(C#N)c(O)n(C)c(=O)c1N=Nc1cccc(C(=O)OCCOc2ccccc2)c1. The Kier molecular flexibility index (Phi) is 6.98. The van der Waals surface area contributed by atoms with Gasteiger partial charge in [-0.05, 0) is 37.3 Å². The quantitative estimate of drug-likeness (QED) is 0.342. The van der Waals surface area contributed by atoms with Crippen LogP contribution in [-0.2, 0) is 11.8 Å². The minimum atomic E-state index is -0.600. The van der Waals surface area contributed by atoms with Crippen LogP contribution in [0.3, 0.4) is 0 Å². The average Bonchev–Trinajstić information content (AvgIpc) is 2.81. The molecule has 32 heavy (non-hydrogen) atoms. The Morgan fingerprint density at radius 2 is 1.88 bits per heavy atom. The second kappa shape index (κ2) is 10.0. The second-order valence-electron chi connectivity index (χ2n) is 6.70. The Morgan fingerprint density at radius 3 is 2.59 bits per heavy atom. The lowest BCUT2D eigenvalue weighted by Gasteiger charge is -2.08. The van der Waals surface area contributed by atoms with E-state index in [0.29, 0.717) is 11.4 Å². The summed E-state index contributed by atoms with van der Waals surface area (Å²) in [5.41, 5.74) is 0.0498. The molecule has 0 spiro atoms. The average molecular weight is 432 g/mol. The molecule has 1 N–H and O–H groups in total. The van der Waals surface area contributed by atoms with Crippen LogP contribution < -0.4 is 10.3 Å². The van der Waals surface area contributed by atoms with Crippen LogP contribution in [0.5, 0.6) is 11.6 Å². The number of hydrogen-bond acceptors (Lipinski definition) is 8. The maximum Gasteiger partial charge on any atom is 0.338 e. The molecular formula is C23H20N4O5. The van der Waals surface area contributed by atoms with Gasteiger partial charge in [-0.15, -0.1) is 5.11 Å². The summed E-state index contributed by atoms with van der Waals surface area (Å²) < 4.78 is 11.6. The van der Waals surface area contributed by atoms with Gasteiger partial charge in [-0.3, -0.25) is 9.36 Å². The third-order valence-electron chi connectivity index (χ3n) is 4.57. The zero-order chi connectivity index (χ0) is 23.1. The van der Waals surface area contributed by atoms with E-state index in [-0.39, 0.29) is 35.6 Å². The number of para-hydroxylation sites is 1. The molecule has 1 aromatic heterocycles. The van der Waals surface area contributed by atoms with Crippen molar-refractivity contribution in [2.45, 2.75) is 6.92 Å². The van der Waals surface area contributed by atoms with Crippen molar-refractivity contribution in [1.29, 1.82) is 5.26 Å². The molecule has 0 fully saturated rings. The lowest BCUT2D eigenvalue weighted by molar-refractivity contribution is 0.0450. The molecule has 0 bridgehead atoms. The molecule has 0 aliphatic carbocycles. The number of ether oxygens (including phenoxy) is 2. The molecule has 162 valence electrons. The van der Waals surface area contributed by atoms with E-state index in [2.05, 4.69) is 10.2 Å². The monoisotopic (exact) mass is 432 g/mol. The molecule has 9 heteroatoms. The first kappa shape index (κ1) is 22.2. The maximum atomic E-state index is 12.4. The smallest absolute Gasteiger partial charge is 0.338 e. The van der Waals surface area contributed by atoms with E-state index in [9.17, 15) is 20.0 Å². The minimum absolute atomic E-state index is 0.0592. The fourth-order valence-corrected chi connectivity index (χ4v) is 2.82. The van der Waals surface area contributed by atoms with Gasteiger partial charge < -0.3 is 14.6 Å². The van der Waals surface area contributed by atoms with E-state index >= 15 is 0 Å². The molecule has 0 radical (unpaired) electrons. The number of carbonyl (C=O) groups is 1. The number of hydrogen-bond donors (Lipinski definition) is 1. The maximum absolute atomic E-state index is 12.4. The van der Waals surface area contributed by atoms with Crippen LogP contribution in [0.2, 0.25) is 0 Å². The van der Waals surface area contributed by atoms with Gasteiger partial charge in [-0.1, -0.05) is 24.3 Å². The number of carbonyl (C=O) groups excluding carboxylic acids is 1. The Balaban J connectivity index is 1.69. The number of azo groups is 1. The van der Waals surface area contributed by atoms with Crippen LogP contribution in [0.1, 0.15) is 21.5 Å². The zero-order valence-electron chi connectivity index (χ0n) is 17.5. The van der Waals surface area contributed by atoms with Crippen molar-refractivity contribution in [2.75, 3.05) is 13.2 Å². The van der Waals surface area contributed by atoms with Gasteiger partial charge in [0.25, 0.3) is 5.56 Å². The molecule has 0 saturated carbocycles. The van der Waals surface area contributed by atoms with E-state index in [1.807, 2.05) is 24.3 Å². The van der Waals surface area contributed by atoms with E-state index in [1.54, 1.807) is 30.3 Å². The first-order chi connectivity index (χ1) is 15.4. The van der Waals surface area contributed by atoms with Crippen LogP contribution in [0.25, 0.3) is 0 Å². The topological polar surface area (TPSA) is 126 Å². The fourth-order valence-electron chi connectivity index (χ4n) is 2.82. The largest absolute Gasteiger partial charge is 0.493 e. The van der Waals surface area contributed by atoms with Gasteiger partial charge in [0.1, 0.15) is 30.6 Å². The van der Waals surface area contributed by atoms with Crippen molar-refractivity contribution in [3.8, 4) is 17.7 Å². The van der Waals surface area contributed by atoms with Crippen LogP contribution in [0.4, 0.5) is 11.4 Å². The highest BCUT2D eigenvalue weighted by atomic mass is 16.6. The number of nitriles is 1. The van der Waals surface area contributed by atoms with Gasteiger partial charge in [-0.2, -0.15) is 10.4 Å². The molecule has 3 aromatic rings. The summed E-state index contributed by atoms with van der Waals surface area (Å²) in [5, 5.41) is 27.1. The molecule has 0 aliphatic rings. The van der Waals surface area contributed by atoms with Crippen molar-refractivity contribution < 1.29 is 19.4 Å². The van der Waals surface area contributed by atoms with Crippen LogP contribution in [0.15, 0.2) is 69.6 Å². The fraction of sp³-hybridized carbons (Fsp3) is 0.174. The van der Waals surface area contributed by atoms with Crippen LogP contribution in [-0.4, -0.2) is 28.9 Å². The molecule has 9 nitrogen and oxygen atoms in total. The predicted octanol–water partition coefficient (Wildman–Crippen LogP) is 3.92. The van der Waals surface area contributed by atoms with Crippen LogP contribution >= 0.6 is 0 Å². The summed E-state index contributed by atoms with van der Waals surface area (Å²) in [7, 11) is 1.33. The minimum Gasteiger partial charge on any atom is -0.493 e. The molecule has 1 heterocycles. The number of benzene rings is 2. The molecule has 0 amide bonds. The summed E-state index contributed by atoms with van der Waals surface area (Å²) in [6.45, 7) is 1.78. The molecule has 0 atom stereocenters. The van der Waals surface area contributed by atoms with Crippen LogP contribution in [0, 0.1) is 18.3 Å². The van der Waals surface area contributed by atoms with Gasteiger partial charge >= 0.3 is 5.97 Å². The van der Waals surface area contributed by atoms with E-state index in [1.165, 1.54) is 20.0 Å². The van der Waals surface area contributed by atoms with Gasteiger partial charge in [0.05, 0.1) is 11.3 Å². The third kappa shape index (κ3) is 4.99. The first-order valence-electron chi connectivity index (χ1n) is 9.61. The summed E-state index contributed by atoms with van der Waals surface area (Å²) in [5.74, 6) is -0.307. The summed E-state index contributed by atoms with van der Waals surface area (Å²) in [6, 6.07) is 17.3. The van der Waals surface area contributed by atoms with Crippen molar-refractivity contribution in [3.05, 3.63) is 81.6 Å². The third-order valence-corrected chi connectivity index (χ3v) is 4.57. The van der Waals surface area contributed by atoms with Crippen molar-refractivity contribution in [3.63, 3.8) is 0 Å². The van der Waals surface area contributed by atoms with Gasteiger partial charge in [0.2, 0.25) is 5.88 Å². The highest BCUT2D eigenvalue weighted by Gasteiger charge is 2.17. The van der Waals surface area contributed by atoms with Crippen molar-refractivity contribution in [2.24, 2.45) is 17.3 Å². The molecule has 0 aliphatic heterocycles. The van der Waals surface area contributed by atoms with E-state index in [4.69, 9.17) is 9.47 Å². The number of nitrogens with zero attached hydrogens (tertiary/aromatic N) is 4. The number of aromatic hydroxyl groups is 1. The number of rotatable bonds is 7. The first-order valence-corrected chi connectivity index (χ1v) is 9.61. The van der Waals surface area contributed by atoms with E-state index in [0.717, 1.165) is 4.57 Å². The lowest BCUT2D eigenvalue weighted by atomic mass is 10.1. The van der Waals surface area contributed by atoms with Gasteiger partial charge in [0.15, 0.2) is 5.69 Å². The Hall–Kier alpha value is -4.45. The Bertz CT molecular complexity index is 1260. The second-order valence-corrected chi connectivity index (χ2v) is 6.70. The highest BCUT2D eigenvalue weighted by molar-refractivity contribution is 5.90.